The topological polar surface area (TPSA) is 56.1 Å². The molecule has 0 aliphatic carbocycles. The highest BCUT2D eigenvalue weighted by Gasteiger charge is 2.19. The van der Waals surface area contributed by atoms with Gasteiger partial charge in [0.1, 0.15) is 0 Å². The lowest BCUT2D eigenvalue weighted by atomic mass is 9.91. The zero-order valence-corrected chi connectivity index (χ0v) is 17.8. The number of methoxy groups -OCH3 is 1. The van der Waals surface area contributed by atoms with Gasteiger partial charge in [-0.05, 0) is 74.4 Å². The van der Waals surface area contributed by atoms with Crippen molar-refractivity contribution in [3.8, 4) is 5.88 Å². The molecule has 6 nitrogen and oxygen atoms in total. The predicted molar refractivity (Wildman–Crippen MR) is 120 cm³/mol. The SMILES string of the molecule is C=CCn1cc(CCC2CCN(CCc3ccnc4ccc(OC)nc34)CC2)cn1. The first kappa shape index (κ1) is 20.5. The second kappa shape index (κ2) is 9.85. The summed E-state index contributed by atoms with van der Waals surface area (Å²) in [5.74, 6) is 1.46. The van der Waals surface area contributed by atoms with Gasteiger partial charge in [-0.3, -0.25) is 9.67 Å². The van der Waals surface area contributed by atoms with Gasteiger partial charge in [0.05, 0.1) is 30.9 Å². The Balaban J connectivity index is 1.25. The van der Waals surface area contributed by atoms with Crippen molar-refractivity contribution in [2.24, 2.45) is 5.92 Å². The highest BCUT2D eigenvalue weighted by atomic mass is 16.5. The third-order valence-electron chi connectivity index (χ3n) is 6.10. The molecule has 4 heterocycles. The van der Waals surface area contributed by atoms with Crippen LogP contribution < -0.4 is 4.74 Å². The fourth-order valence-corrected chi connectivity index (χ4v) is 4.29. The van der Waals surface area contributed by atoms with E-state index >= 15 is 0 Å². The molecule has 0 saturated carbocycles. The van der Waals surface area contributed by atoms with Crippen molar-refractivity contribution in [1.82, 2.24) is 24.6 Å². The molecule has 1 aliphatic heterocycles. The number of fused-ring (bicyclic) bond motifs is 1. The summed E-state index contributed by atoms with van der Waals surface area (Å²) in [6, 6.07) is 5.94. The van der Waals surface area contributed by atoms with E-state index in [1.165, 1.54) is 43.5 Å². The van der Waals surface area contributed by atoms with Crippen LogP contribution in [0, 0.1) is 5.92 Å². The van der Waals surface area contributed by atoms with Gasteiger partial charge in [-0.1, -0.05) is 6.08 Å². The normalized spacial score (nSPS) is 15.5. The lowest BCUT2D eigenvalue weighted by Crippen LogP contribution is -2.35. The number of aromatic nitrogens is 4. The Morgan fingerprint density at radius 1 is 1.20 bits per heavy atom. The van der Waals surface area contributed by atoms with Crippen molar-refractivity contribution >= 4 is 11.0 Å². The summed E-state index contributed by atoms with van der Waals surface area (Å²) in [7, 11) is 1.65. The monoisotopic (exact) mass is 405 g/mol. The van der Waals surface area contributed by atoms with E-state index in [1.807, 2.05) is 35.3 Å². The molecule has 0 atom stereocenters. The van der Waals surface area contributed by atoms with E-state index in [9.17, 15) is 0 Å². The third kappa shape index (κ3) is 5.05. The Morgan fingerprint density at radius 2 is 2.07 bits per heavy atom. The summed E-state index contributed by atoms with van der Waals surface area (Å²) in [5.41, 5.74) is 4.48. The van der Waals surface area contributed by atoms with Crippen LogP contribution in [0.5, 0.6) is 5.88 Å². The van der Waals surface area contributed by atoms with Gasteiger partial charge in [0, 0.05) is 25.0 Å². The van der Waals surface area contributed by atoms with Crippen molar-refractivity contribution in [3.05, 3.63) is 60.6 Å². The first-order valence-corrected chi connectivity index (χ1v) is 10.9. The quantitative estimate of drug-likeness (QED) is 0.505. The van der Waals surface area contributed by atoms with Gasteiger partial charge < -0.3 is 9.64 Å². The van der Waals surface area contributed by atoms with Crippen molar-refractivity contribution < 1.29 is 4.74 Å². The van der Waals surface area contributed by atoms with E-state index in [0.717, 1.165) is 42.9 Å². The van der Waals surface area contributed by atoms with Crippen LogP contribution in [0.3, 0.4) is 0 Å². The van der Waals surface area contributed by atoms with E-state index in [2.05, 4.69) is 38.8 Å². The van der Waals surface area contributed by atoms with Gasteiger partial charge in [-0.25, -0.2) is 4.98 Å². The zero-order chi connectivity index (χ0) is 20.8. The van der Waals surface area contributed by atoms with Gasteiger partial charge in [0.2, 0.25) is 5.88 Å². The summed E-state index contributed by atoms with van der Waals surface area (Å²) < 4.78 is 7.25. The van der Waals surface area contributed by atoms with E-state index in [-0.39, 0.29) is 0 Å². The average molecular weight is 406 g/mol. The number of ether oxygens (including phenoxy) is 1. The Bertz CT molecular complexity index is 975. The first-order valence-electron chi connectivity index (χ1n) is 10.9. The minimum absolute atomic E-state index is 0.646. The molecule has 1 saturated heterocycles. The molecule has 3 aromatic heterocycles. The van der Waals surface area contributed by atoms with Crippen LogP contribution in [0.2, 0.25) is 0 Å². The molecule has 0 aromatic carbocycles. The molecule has 0 amide bonds. The Labute approximate surface area is 178 Å². The molecular formula is C24H31N5O. The maximum absolute atomic E-state index is 5.29. The molecule has 0 radical (unpaired) electrons. The minimum atomic E-state index is 0.646. The largest absolute Gasteiger partial charge is 0.481 e. The van der Waals surface area contributed by atoms with Gasteiger partial charge in [0.25, 0.3) is 0 Å². The van der Waals surface area contributed by atoms with Crippen molar-refractivity contribution in [2.45, 2.75) is 38.6 Å². The standard InChI is InChI=1S/C24H31N5O/c1-3-13-29-18-20(17-26-29)5-4-19-9-14-28(15-10-19)16-11-21-8-12-25-22-6-7-23(30-2)27-24(21)22/h3,6-8,12,17-19H,1,4-5,9-11,13-16H2,2H3. The lowest BCUT2D eigenvalue weighted by molar-refractivity contribution is 0.181. The molecule has 6 heteroatoms. The second-order valence-electron chi connectivity index (χ2n) is 8.12. The zero-order valence-electron chi connectivity index (χ0n) is 17.8. The summed E-state index contributed by atoms with van der Waals surface area (Å²) >= 11 is 0. The number of piperidine rings is 1. The molecule has 0 bridgehead atoms. The number of hydrogen-bond donors (Lipinski definition) is 0. The van der Waals surface area contributed by atoms with Crippen LogP contribution in [-0.4, -0.2) is 51.4 Å². The van der Waals surface area contributed by atoms with Crippen LogP contribution in [0.15, 0.2) is 49.4 Å². The highest BCUT2D eigenvalue weighted by molar-refractivity contribution is 5.78. The molecule has 1 aliphatic rings. The number of allylic oxidation sites excluding steroid dienone is 1. The van der Waals surface area contributed by atoms with Crippen LogP contribution in [0.25, 0.3) is 11.0 Å². The highest BCUT2D eigenvalue weighted by Crippen LogP contribution is 2.24. The van der Waals surface area contributed by atoms with Gasteiger partial charge in [-0.2, -0.15) is 5.10 Å². The number of likely N-dealkylation sites (tertiary alicyclic amines) is 1. The molecule has 158 valence electrons. The average Bonchev–Trinajstić information content (AvgIpc) is 3.24. The van der Waals surface area contributed by atoms with E-state index in [4.69, 9.17) is 4.74 Å². The molecule has 4 rings (SSSR count). The number of pyridine rings is 2. The van der Waals surface area contributed by atoms with E-state index in [0.29, 0.717) is 5.88 Å². The Morgan fingerprint density at radius 3 is 2.87 bits per heavy atom. The number of aryl methyl sites for hydroxylation is 1. The van der Waals surface area contributed by atoms with Gasteiger partial charge in [0.15, 0.2) is 0 Å². The number of nitrogens with zero attached hydrogens (tertiary/aromatic N) is 5. The molecule has 0 spiro atoms. The molecule has 0 unspecified atom stereocenters. The molecular weight excluding hydrogens is 374 g/mol. The van der Waals surface area contributed by atoms with E-state index < -0.39 is 0 Å². The summed E-state index contributed by atoms with van der Waals surface area (Å²) in [6.07, 6.45) is 13.9. The van der Waals surface area contributed by atoms with Gasteiger partial charge in [-0.15, -0.1) is 6.58 Å². The van der Waals surface area contributed by atoms with Crippen molar-refractivity contribution in [3.63, 3.8) is 0 Å². The summed E-state index contributed by atoms with van der Waals surface area (Å²) in [5, 5.41) is 4.39. The second-order valence-corrected chi connectivity index (χ2v) is 8.12. The third-order valence-corrected chi connectivity index (χ3v) is 6.10. The fraction of sp³-hybridized carbons (Fsp3) is 0.458. The van der Waals surface area contributed by atoms with E-state index in [1.54, 1.807) is 7.11 Å². The Hall–Kier alpha value is -2.73. The minimum Gasteiger partial charge on any atom is -0.481 e. The number of hydrogen-bond acceptors (Lipinski definition) is 5. The summed E-state index contributed by atoms with van der Waals surface area (Å²) in [4.78, 5) is 11.6. The number of rotatable bonds is 9. The smallest absolute Gasteiger partial charge is 0.213 e. The van der Waals surface area contributed by atoms with Crippen molar-refractivity contribution in [1.29, 1.82) is 0 Å². The molecule has 30 heavy (non-hydrogen) atoms. The van der Waals surface area contributed by atoms with Crippen LogP contribution in [-0.2, 0) is 19.4 Å². The fourth-order valence-electron chi connectivity index (χ4n) is 4.29. The predicted octanol–water partition coefficient (Wildman–Crippen LogP) is 3.91. The maximum atomic E-state index is 5.29. The molecule has 0 N–H and O–H groups in total. The van der Waals surface area contributed by atoms with Crippen LogP contribution in [0.1, 0.15) is 30.4 Å². The lowest BCUT2D eigenvalue weighted by Gasteiger charge is -2.32. The summed E-state index contributed by atoms with van der Waals surface area (Å²) in [6.45, 7) is 7.99. The molecule has 3 aromatic rings. The first-order chi connectivity index (χ1) is 14.7. The Kier molecular flexibility index (Phi) is 6.74. The van der Waals surface area contributed by atoms with Crippen LogP contribution in [0.4, 0.5) is 0 Å². The molecule has 1 fully saturated rings. The van der Waals surface area contributed by atoms with Crippen LogP contribution >= 0.6 is 0 Å². The maximum Gasteiger partial charge on any atom is 0.213 e. The van der Waals surface area contributed by atoms with Gasteiger partial charge >= 0.3 is 0 Å². The van der Waals surface area contributed by atoms with Crippen molar-refractivity contribution in [2.75, 3.05) is 26.7 Å².